The number of rotatable bonds is 5. The summed E-state index contributed by atoms with van der Waals surface area (Å²) in [7, 11) is 1.86. The molecule has 0 fully saturated rings. The van der Waals surface area contributed by atoms with Crippen molar-refractivity contribution in [2.24, 2.45) is 0 Å². The number of hydrogen-bond donors (Lipinski definition) is 1. The lowest BCUT2D eigenvalue weighted by molar-refractivity contribution is 0.0744. The summed E-state index contributed by atoms with van der Waals surface area (Å²) < 4.78 is 0. The van der Waals surface area contributed by atoms with Crippen molar-refractivity contribution in [3.63, 3.8) is 0 Å². The number of carbonyl (C=O) groups is 1. The summed E-state index contributed by atoms with van der Waals surface area (Å²) in [5.41, 5.74) is 8.06. The highest BCUT2D eigenvalue weighted by atomic mass is 32.2. The largest absolute Gasteiger partial charge is 0.398 e. The van der Waals surface area contributed by atoms with Crippen LogP contribution in [0.4, 0.5) is 5.69 Å². The number of anilines is 1. The zero-order valence-electron chi connectivity index (χ0n) is 11.6. The van der Waals surface area contributed by atoms with Gasteiger partial charge in [0.2, 0.25) is 0 Å². The fraction of sp³-hybridized carbons (Fsp3) is 0.500. The molecule has 3 nitrogen and oxygen atoms in total. The minimum atomic E-state index is 0.0199. The molecular formula is C14H22N2OS. The first kappa shape index (κ1) is 14.9. The third-order valence-corrected chi connectivity index (χ3v) is 3.94. The molecule has 1 atom stereocenters. The second-order valence-electron chi connectivity index (χ2n) is 4.47. The second kappa shape index (κ2) is 6.69. The van der Waals surface area contributed by atoms with Gasteiger partial charge in [0.1, 0.15) is 0 Å². The van der Waals surface area contributed by atoms with Gasteiger partial charge in [0.25, 0.3) is 5.91 Å². The van der Waals surface area contributed by atoms with Crippen LogP contribution in [-0.2, 0) is 0 Å². The van der Waals surface area contributed by atoms with Crippen LogP contribution in [0, 0.1) is 6.92 Å². The van der Waals surface area contributed by atoms with E-state index in [-0.39, 0.29) is 11.9 Å². The summed E-state index contributed by atoms with van der Waals surface area (Å²) >= 11 is 1.76. The van der Waals surface area contributed by atoms with Crippen molar-refractivity contribution < 1.29 is 4.79 Å². The van der Waals surface area contributed by atoms with E-state index in [1.807, 2.05) is 31.0 Å². The number of thioether (sulfide) groups is 1. The molecule has 2 N–H and O–H groups in total. The molecule has 0 aliphatic rings. The van der Waals surface area contributed by atoms with Crippen LogP contribution < -0.4 is 5.73 Å². The lowest BCUT2D eigenvalue weighted by Gasteiger charge is -2.27. The van der Waals surface area contributed by atoms with Crippen LogP contribution in [0.15, 0.2) is 18.2 Å². The number of nitrogens with zero attached hydrogens (tertiary/aromatic N) is 1. The molecule has 18 heavy (non-hydrogen) atoms. The Morgan fingerprint density at radius 3 is 2.67 bits per heavy atom. The molecule has 0 aromatic heterocycles. The molecule has 1 rings (SSSR count). The number of carbonyl (C=O) groups excluding carboxylic acids is 1. The van der Waals surface area contributed by atoms with E-state index in [2.05, 4.69) is 13.2 Å². The Kier molecular flexibility index (Phi) is 5.54. The smallest absolute Gasteiger partial charge is 0.256 e. The minimum absolute atomic E-state index is 0.0199. The lowest BCUT2D eigenvalue weighted by Crippen LogP contribution is -2.38. The average Bonchev–Trinajstić information content (AvgIpc) is 2.34. The van der Waals surface area contributed by atoms with E-state index < -0.39 is 0 Å². The normalized spacial score (nSPS) is 12.2. The molecule has 0 aliphatic carbocycles. The van der Waals surface area contributed by atoms with Crippen molar-refractivity contribution in [1.82, 2.24) is 4.90 Å². The highest BCUT2D eigenvalue weighted by Crippen LogP contribution is 2.20. The van der Waals surface area contributed by atoms with Gasteiger partial charge in [-0.15, -0.1) is 0 Å². The summed E-state index contributed by atoms with van der Waals surface area (Å²) in [5, 5.41) is 0. The van der Waals surface area contributed by atoms with Gasteiger partial charge in [-0.25, -0.2) is 0 Å². The van der Waals surface area contributed by atoms with Crippen LogP contribution in [0.3, 0.4) is 0 Å². The summed E-state index contributed by atoms with van der Waals surface area (Å²) in [6.07, 6.45) is 3.01. The molecular weight excluding hydrogens is 244 g/mol. The maximum Gasteiger partial charge on any atom is 0.256 e. The van der Waals surface area contributed by atoms with Gasteiger partial charge in [-0.1, -0.05) is 19.1 Å². The first-order chi connectivity index (χ1) is 8.52. The van der Waals surface area contributed by atoms with Crippen LogP contribution in [0.5, 0.6) is 0 Å². The Bertz CT molecular complexity index is 400. The molecule has 1 aromatic rings. The monoisotopic (exact) mass is 266 g/mol. The fourth-order valence-corrected chi connectivity index (χ4v) is 2.86. The highest BCUT2D eigenvalue weighted by Gasteiger charge is 2.22. The predicted octanol–water partition coefficient (Wildman–Crippen LogP) is 2.79. The van der Waals surface area contributed by atoms with Crippen molar-refractivity contribution in [2.75, 3.05) is 24.8 Å². The Morgan fingerprint density at radius 1 is 1.50 bits per heavy atom. The topological polar surface area (TPSA) is 46.3 Å². The SMILES string of the molecule is CCC(CSC)N(C)C(=O)c1c(C)cccc1N. The van der Waals surface area contributed by atoms with Gasteiger partial charge in [-0.05, 0) is 31.2 Å². The number of hydrogen-bond acceptors (Lipinski definition) is 3. The number of benzene rings is 1. The summed E-state index contributed by atoms with van der Waals surface area (Å²) in [6.45, 7) is 4.03. The third-order valence-electron chi connectivity index (χ3n) is 3.22. The van der Waals surface area contributed by atoms with Gasteiger partial charge in [0.05, 0.1) is 5.56 Å². The van der Waals surface area contributed by atoms with Crippen molar-refractivity contribution >= 4 is 23.4 Å². The number of amides is 1. The van der Waals surface area contributed by atoms with Gasteiger partial charge < -0.3 is 10.6 Å². The van der Waals surface area contributed by atoms with Crippen molar-refractivity contribution in [1.29, 1.82) is 0 Å². The summed E-state index contributed by atoms with van der Waals surface area (Å²) in [5.74, 6) is 0.969. The molecule has 0 spiro atoms. The Hall–Kier alpha value is -1.16. The fourth-order valence-electron chi connectivity index (χ4n) is 2.02. The van der Waals surface area contributed by atoms with Crippen molar-refractivity contribution in [3.8, 4) is 0 Å². The molecule has 0 radical (unpaired) electrons. The van der Waals surface area contributed by atoms with Gasteiger partial charge in [-0.3, -0.25) is 4.79 Å². The maximum atomic E-state index is 12.5. The maximum absolute atomic E-state index is 12.5. The molecule has 0 saturated heterocycles. The molecule has 1 unspecified atom stereocenters. The van der Waals surface area contributed by atoms with E-state index in [0.717, 1.165) is 17.7 Å². The predicted molar refractivity (Wildman–Crippen MR) is 80.1 cm³/mol. The van der Waals surface area contributed by atoms with E-state index >= 15 is 0 Å². The summed E-state index contributed by atoms with van der Waals surface area (Å²) in [4.78, 5) is 14.3. The van der Waals surface area contributed by atoms with E-state index in [4.69, 9.17) is 5.73 Å². The molecule has 0 saturated carbocycles. The molecule has 0 bridgehead atoms. The van der Waals surface area contributed by atoms with E-state index in [1.54, 1.807) is 17.8 Å². The van der Waals surface area contributed by atoms with E-state index in [1.165, 1.54) is 0 Å². The van der Waals surface area contributed by atoms with Gasteiger partial charge in [0, 0.05) is 24.5 Å². The van der Waals surface area contributed by atoms with Crippen molar-refractivity contribution in [3.05, 3.63) is 29.3 Å². The quantitative estimate of drug-likeness (QED) is 0.834. The Labute approximate surface area is 114 Å². The zero-order chi connectivity index (χ0) is 13.7. The zero-order valence-corrected chi connectivity index (χ0v) is 12.4. The third kappa shape index (κ3) is 3.19. The first-order valence-corrected chi connectivity index (χ1v) is 7.53. The molecule has 100 valence electrons. The number of nitrogen functional groups attached to an aromatic ring is 1. The molecule has 4 heteroatoms. The highest BCUT2D eigenvalue weighted by molar-refractivity contribution is 7.98. The van der Waals surface area contributed by atoms with Gasteiger partial charge >= 0.3 is 0 Å². The van der Waals surface area contributed by atoms with Crippen LogP contribution >= 0.6 is 11.8 Å². The molecule has 1 aromatic carbocycles. The van der Waals surface area contributed by atoms with Crippen LogP contribution in [-0.4, -0.2) is 35.9 Å². The standard InChI is InChI=1S/C14H22N2OS/c1-5-11(9-18-4)16(3)14(17)13-10(2)7-6-8-12(13)15/h6-8,11H,5,9,15H2,1-4H3. The Balaban J connectivity index is 2.99. The number of nitrogens with two attached hydrogens (primary N) is 1. The average molecular weight is 266 g/mol. The number of aryl methyl sites for hydroxylation is 1. The van der Waals surface area contributed by atoms with E-state index in [9.17, 15) is 4.79 Å². The molecule has 0 aliphatic heterocycles. The van der Waals surface area contributed by atoms with Crippen LogP contribution in [0.1, 0.15) is 29.3 Å². The summed E-state index contributed by atoms with van der Waals surface area (Å²) in [6, 6.07) is 5.84. The second-order valence-corrected chi connectivity index (χ2v) is 5.38. The van der Waals surface area contributed by atoms with Gasteiger partial charge in [-0.2, -0.15) is 11.8 Å². The first-order valence-electron chi connectivity index (χ1n) is 6.14. The van der Waals surface area contributed by atoms with Crippen LogP contribution in [0.25, 0.3) is 0 Å². The lowest BCUT2D eigenvalue weighted by atomic mass is 10.0. The minimum Gasteiger partial charge on any atom is -0.398 e. The molecule has 0 heterocycles. The van der Waals surface area contributed by atoms with Crippen LogP contribution in [0.2, 0.25) is 0 Å². The van der Waals surface area contributed by atoms with Gasteiger partial charge in [0.15, 0.2) is 0 Å². The van der Waals surface area contributed by atoms with Crippen molar-refractivity contribution in [2.45, 2.75) is 26.3 Å². The van der Waals surface area contributed by atoms with E-state index in [0.29, 0.717) is 11.3 Å². The Morgan fingerprint density at radius 2 is 2.17 bits per heavy atom. The molecule has 1 amide bonds.